The van der Waals surface area contributed by atoms with E-state index < -0.39 is 0 Å². The molecule has 0 unspecified atom stereocenters. The fourth-order valence-electron chi connectivity index (χ4n) is 3.58. The fourth-order valence-corrected chi connectivity index (χ4v) is 3.58. The van der Waals surface area contributed by atoms with Gasteiger partial charge in [-0.05, 0) is 37.6 Å². The van der Waals surface area contributed by atoms with Crippen LogP contribution in [0.4, 0.5) is 0 Å². The van der Waals surface area contributed by atoms with Gasteiger partial charge >= 0.3 is 0 Å². The van der Waals surface area contributed by atoms with Gasteiger partial charge in [-0.2, -0.15) is 0 Å². The van der Waals surface area contributed by atoms with Crippen molar-refractivity contribution in [1.29, 1.82) is 0 Å². The number of piperazine rings is 1. The summed E-state index contributed by atoms with van der Waals surface area (Å²) in [5.74, 6) is 0.985. The summed E-state index contributed by atoms with van der Waals surface area (Å²) in [4.78, 5) is 25.3. The Morgan fingerprint density at radius 3 is 2.60 bits per heavy atom. The molecular formula is C23H32N6O. The van der Waals surface area contributed by atoms with Crippen molar-refractivity contribution in [3.63, 3.8) is 0 Å². The van der Waals surface area contributed by atoms with Crippen LogP contribution in [0.25, 0.3) is 11.3 Å². The number of nitrogens with one attached hydrogen (secondary N) is 2. The first kappa shape index (κ1) is 21.8. The molecule has 2 N–H and O–H groups in total. The molecule has 2 aromatic rings. The van der Waals surface area contributed by atoms with E-state index in [0.29, 0.717) is 13.1 Å². The zero-order valence-corrected chi connectivity index (χ0v) is 18.1. The minimum atomic E-state index is 0.0914. The minimum Gasteiger partial charge on any atom is -0.353 e. The number of benzene rings is 1. The number of pyridine rings is 1. The van der Waals surface area contributed by atoms with Crippen molar-refractivity contribution < 1.29 is 4.79 Å². The highest BCUT2D eigenvalue weighted by atomic mass is 16.2. The summed E-state index contributed by atoms with van der Waals surface area (Å²) in [6.07, 6.45) is 1.81. The molecule has 1 aromatic heterocycles. The van der Waals surface area contributed by atoms with E-state index in [1.807, 2.05) is 45.3 Å². The highest BCUT2D eigenvalue weighted by Gasteiger charge is 2.21. The number of carbonyl (C=O) groups is 1. The van der Waals surface area contributed by atoms with Crippen LogP contribution in [0.2, 0.25) is 0 Å². The third-order valence-corrected chi connectivity index (χ3v) is 5.04. The van der Waals surface area contributed by atoms with Crippen molar-refractivity contribution in [1.82, 2.24) is 25.4 Å². The van der Waals surface area contributed by atoms with Crippen LogP contribution >= 0.6 is 0 Å². The number of aromatic nitrogens is 1. The summed E-state index contributed by atoms with van der Waals surface area (Å²) in [5, 5.41) is 6.43. The van der Waals surface area contributed by atoms with Crippen LogP contribution in [0.5, 0.6) is 0 Å². The Labute approximate surface area is 179 Å². The molecule has 1 aliphatic heterocycles. The number of rotatable bonds is 6. The molecule has 0 saturated carbocycles. The number of carbonyl (C=O) groups excluding carboxylic acids is 1. The largest absolute Gasteiger partial charge is 0.353 e. The smallest absolute Gasteiger partial charge is 0.234 e. The fraction of sp³-hybridized carbons (Fsp3) is 0.435. The molecule has 0 bridgehead atoms. The van der Waals surface area contributed by atoms with Crippen LogP contribution in [0, 0.1) is 0 Å². The molecule has 0 spiro atoms. The summed E-state index contributed by atoms with van der Waals surface area (Å²) in [6.45, 7) is 8.52. The van der Waals surface area contributed by atoms with Crippen LogP contribution in [-0.2, 0) is 11.3 Å². The average Bonchev–Trinajstić information content (AvgIpc) is 2.75. The van der Waals surface area contributed by atoms with Crippen molar-refractivity contribution in [3.05, 3.63) is 54.2 Å². The number of guanidine groups is 1. The van der Waals surface area contributed by atoms with Gasteiger partial charge in [-0.25, -0.2) is 0 Å². The van der Waals surface area contributed by atoms with Gasteiger partial charge in [-0.3, -0.25) is 19.7 Å². The Morgan fingerprint density at radius 2 is 1.93 bits per heavy atom. The van der Waals surface area contributed by atoms with Gasteiger partial charge in [0.05, 0.1) is 12.2 Å². The van der Waals surface area contributed by atoms with Crippen LogP contribution < -0.4 is 10.6 Å². The molecule has 0 aliphatic carbocycles. The SMILES string of the molecule is CN=C(NCc1cccc(-c2ccccn2)c1)N1CCN(CC(=O)NC(C)C)CC1. The Kier molecular flexibility index (Phi) is 7.79. The molecule has 3 rings (SSSR count). The molecule has 1 saturated heterocycles. The first-order valence-electron chi connectivity index (χ1n) is 10.5. The Bertz CT molecular complexity index is 844. The van der Waals surface area contributed by atoms with Gasteiger partial charge in [0, 0.05) is 57.6 Å². The average molecular weight is 409 g/mol. The van der Waals surface area contributed by atoms with Gasteiger partial charge < -0.3 is 15.5 Å². The maximum absolute atomic E-state index is 12.0. The third kappa shape index (κ3) is 6.29. The Hall–Kier alpha value is -2.93. The first-order chi connectivity index (χ1) is 14.5. The van der Waals surface area contributed by atoms with Gasteiger partial charge in [0.1, 0.15) is 0 Å². The molecular weight excluding hydrogens is 376 g/mol. The van der Waals surface area contributed by atoms with E-state index in [9.17, 15) is 4.79 Å². The molecule has 1 aromatic carbocycles. The summed E-state index contributed by atoms with van der Waals surface area (Å²) < 4.78 is 0. The van der Waals surface area contributed by atoms with Crippen LogP contribution in [0.3, 0.4) is 0 Å². The van der Waals surface area contributed by atoms with E-state index in [1.54, 1.807) is 0 Å². The second-order valence-corrected chi connectivity index (χ2v) is 7.80. The maximum atomic E-state index is 12.0. The third-order valence-electron chi connectivity index (χ3n) is 5.04. The second kappa shape index (κ2) is 10.7. The number of amides is 1. The topological polar surface area (TPSA) is 72.9 Å². The van der Waals surface area contributed by atoms with Crippen molar-refractivity contribution in [2.24, 2.45) is 4.99 Å². The molecule has 7 heteroatoms. The zero-order valence-electron chi connectivity index (χ0n) is 18.1. The predicted molar refractivity (Wildman–Crippen MR) is 121 cm³/mol. The van der Waals surface area contributed by atoms with E-state index in [-0.39, 0.29) is 11.9 Å². The van der Waals surface area contributed by atoms with Crippen molar-refractivity contribution in [2.45, 2.75) is 26.4 Å². The van der Waals surface area contributed by atoms with Crippen LogP contribution in [-0.4, -0.2) is 72.5 Å². The lowest BCUT2D eigenvalue weighted by Gasteiger charge is -2.36. The monoisotopic (exact) mass is 408 g/mol. The predicted octanol–water partition coefficient (Wildman–Crippen LogP) is 1.97. The Morgan fingerprint density at radius 1 is 1.13 bits per heavy atom. The van der Waals surface area contributed by atoms with Crippen molar-refractivity contribution in [2.75, 3.05) is 39.8 Å². The summed E-state index contributed by atoms with van der Waals surface area (Å²) in [5.41, 5.74) is 3.27. The normalized spacial score (nSPS) is 15.3. The van der Waals surface area contributed by atoms with Gasteiger partial charge in [-0.1, -0.05) is 24.3 Å². The zero-order chi connectivity index (χ0) is 21.3. The molecule has 0 atom stereocenters. The van der Waals surface area contributed by atoms with E-state index in [1.165, 1.54) is 5.56 Å². The van der Waals surface area contributed by atoms with Gasteiger partial charge in [0.15, 0.2) is 5.96 Å². The number of aliphatic imine (C=N–C) groups is 1. The number of hydrogen-bond acceptors (Lipinski definition) is 4. The second-order valence-electron chi connectivity index (χ2n) is 7.80. The highest BCUT2D eigenvalue weighted by molar-refractivity contribution is 5.80. The summed E-state index contributed by atoms with van der Waals surface area (Å²) in [6, 6.07) is 14.5. The lowest BCUT2D eigenvalue weighted by Crippen LogP contribution is -2.54. The van der Waals surface area contributed by atoms with Crippen molar-refractivity contribution >= 4 is 11.9 Å². The van der Waals surface area contributed by atoms with Gasteiger partial charge in [-0.15, -0.1) is 0 Å². The van der Waals surface area contributed by atoms with Gasteiger partial charge in [0.25, 0.3) is 0 Å². The molecule has 0 radical (unpaired) electrons. The van der Waals surface area contributed by atoms with Crippen LogP contribution in [0.1, 0.15) is 19.4 Å². The molecule has 1 fully saturated rings. The first-order valence-corrected chi connectivity index (χ1v) is 10.5. The van der Waals surface area contributed by atoms with E-state index in [2.05, 4.69) is 54.7 Å². The van der Waals surface area contributed by atoms with Crippen molar-refractivity contribution in [3.8, 4) is 11.3 Å². The Balaban J connectivity index is 1.51. The number of hydrogen-bond donors (Lipinski definition) is 2. The molecule has 160 valence electrons. The summed E-state index contributed by atoms with van der Waals surface area (Å²) >= 11 is 0. The molecule has 2 heterocycles. The molecule has 1 aliphatic rings. The van der Waals surface area contributed by atoms with Crippen LogP contribution in [0.15, 0.2) is 53.7 Å². The lowest BCUT2D eigenvalue weighted by molar-refractivity contribution is -0.123. The highest BCUT2D eigenvalue weighted by Crippen LogP contribution is 2.17. The van der Waals surface area contributed by atoms with E-state index >= 15 is 0 Å². The minimum absolute atomic E-state index is 0.0914. The molecule has 7 nitrogen and oxygen atoms in total. The number of nitrogens with zero attached hydrogens (tertiary/aromatic N) is 4. The van der Waals surface area contributed by atoms with Gasteiger partial charge in [0.2, 0.25) is 5.91 Å². The quantitative estimate of drug-likeness (QED) is 0.565. The standard InChI is InChI=1S/C23H32N6O/c1-18(2)27-22(30)17-28-11-13-29(14-12-28)23(24-3)26-16-19-7-6-8-20(15-19)21-9-4-5-10-25-21/h4-10,15,18H,11-14,16-17H2,1-3H3,(H,24,26)(H,27,30). The molecule has 1 amide bonds. The van der Waals surface area contributed by atoms with E-state index in [0.717, 1.165) is 43.4 Å². The summed E-state index contributed by atoms with van der Waals surface area (Å²) in [7, 11) is 1.81. The maximum Gasteiger partial charge on any atom is 0.234 e. The lowest BCUT2D eigenvalue weighted by atomic mass is 10.1. The van der Waals surface area contributed by atoms with E-state index in [4.69, 9.17) is 0 Å². The molecule has 30 heavy (non-hydrogen) atoms.